The quantitative estimate of drug-likeness (QED) is 0.947. The number of nitrogens with zero attached hydrogens (tertiary/aromatic N) is 1. The fraction of sp³-hybridized carbons (Fsp3) is 0.278. The molecule has 0 saturated heterocycles. The molecule has 23 heavy (non-hydrogen) atoms. The summed E-state index contributed by atoms with van der Waals surface area (Å²) >= 11 is 0. The minimum absolute atomic E-state index is 0.0696. The second-order valence-electron chi connectivity index (χ2n) is 5.87. The van der Waals surface area contributed by atoms with Crippen LogP contribution in [0, 0.1) is 0 Å². The van der Waals surface area contributed by atoms with E-state index >= 15 is 0 Å². The molecule has 0 saturated carbocycles. The van der Waals surface area contributed by atoms with Crippen LogP contribution in [-0.2, 0) is 11.2 Å². The van der Waals surface area contributed by atoms with Crippen molar-refractivity contribution in [1.82, 2.24) is 0 Å². The number of nitrogens with one attached hydrogen (secondary N) is 1. The van der Waals surface area contributed by atoms with E-state index in [1.54, 1.807) is 0 Å². The number of hydrogen-bond donors (Lipinski definition) is 1. The van der Waals surface area contributed by atoms with Gasteiger partial charge in [0.1, 0.15) is 0 Å². The van der Waals surface area contributed by atoms with Gasteiger partial charge < -0.3 is 19.7 Å². The fourth-order valence-corrected chi connectivity index (χ4v) is 3.21. The number of carbonyl (C=O) groups is 1. The third-order valence-electron chi connectivity index (χ3n) is 4.29. The summed E-state index contributed by atoms with van der Waals surface area (Å²) in [7, 11) is 0. The number of amides is 1. The molecule has 1 N–H and O–H groups in total. The van der Waals surface area contributed by atoms with Gasteiger partial charge in [-0.3, -0.25) is 4.79 Å². The molecule has 0 aliphatic carbocycles. The minimum atomic E-state index is 0.0696. The Morgan fingerprint density at radius 3 is 2.96 bits per heavy atom. The molecule has 2 aromatic carbocycles. The van der Waals surface area contributed by atoms with Crippen molar-refractivity contribution in [1.29, 1.82) is 0 Å². The Balaban J connectivity index is 1.46. The van der Waals surface area contributed by atoms with Gasteiger partial charge in [-0.1, -0.05) is 18.2 Å². The molecule has 5 heteroatoms. The van der Waals surface area contributed by atoms with Crippen LogP contribution in [0.1, 0.15) is 12.5 Å². The van der Waals surface area contributed by atoms with Crippen LogP contribution in [-0.4, -0.2) is 25.3 Å². The van der Waals surface area contributed by atoms with Gasteiger partial charge in [0.15, 0.2) is 11.5 Å². The van der Waals surface area contributed by atoms with Crippen molar-refractivity contribution < 1.29 is 14.3 Å². The summed E-state index contributed by atoms with van der Waals surface area (Å²) in [6, 6.07) is 13.9. The molecule has 0 aromatic heterocycles. The van der Waals surface area contributed by atoms with E-state index in [0.29, 0.717) is 5.75 Å². The first-order chi connectivity index (χ1) is 11.2. The summed E-state index contributed by atoms with van der Waals surface area (Å²) < 4.78 is 10.6. The SMILES string of the molecule is CC1Cc2ccccc2N1C(=O)CNc1ccc2c(c1)OCO2. The van der Waals surface area contributed by atoms with Crippen molar-refractivity contribution in [3.05, 3.63) is 48.0 Å². The number of carbonyl (C=O) groups excluding carboxylic acids is 1. The molecule has 2 aliphatic heterocycles. The zero-order chi connectivity index (χ0) is 15.8. The average molecular weight is 310 g/mol. The minimum Gasteiger partial charge on any atom is -0.454 e. The molecule has 4 rings (SSSR count). The number of anilines is 2. The normalized spacial score (nSPS) is 18.0. The lowest BCUT2D eigenvalue weighted by Crippen LogP contribution is -2.39. The molecule has 1 unspecified atom stereocenters. The van der Waals surface area contributed by atoms with E-state index in [4.69, 9.17) is 9.47 Å². The highest BCUT2D eigenvalue weighted by molar-refractivity contribution is 5.98. The molecule has 0 spiro atoms. The zero-order valence-electron chi connectivity index (χ0n) is 12.9. The van der Waals surface area contributed by atoms with Gasteiger partial charge in [-0.2, -0.15) is 0 Å². The van der Waals surface area contributed by atoms with Crippen molar-refractivity contribution in [3.8, 4) is 11.5 Å². The Morgan fingerprint density at radius 1 is 1.22 bits per heavy atom. The van der Waals surface area contributed by atoms with E-state index in [1.807, 2.05) is 41.3 Å². The molecule has 1 amide bonds. The molecule has 0 bridgehead atoms. The summed E-state index contributed by atoms with van der Waals surface area (Å²) in [6.45, 7) is 2.58. The predicted octanol–water partition coefficient (Wildman–Crippen LogP) is 2.81. The molecule has 118 valence electrons. The van der Waals surface area contributed by atoms with Crippen molar-refractivity contribution in [2.75, 3.05) is 23.6 Å². The second kappa shape index (κ2) is 5.50. The summed E-state index contributed by atoms with van der Waals surface area (Å²) in [5.74, 6) is 1.52. The monoisotopic (exact) mass is 310 g/mol. The number of para-hydroxylation sites is 1. The maximum atomic E-state index is 12.6. The van der Waals surface area contributed by atoms with Crippen molar-refractivity contribution >= 4 is 17.3 Å². The first-order valence-electron chi connectivity index (χ1n) is 7.76. The fourth-order valence-electron chi connectivity index (χ4n) is 3.21. The Labute approximate surface area is 134 Å². The average Bonchev–Trinajstić information content (AvgIpc) is 3.15. The summed E-state index contributed by atoms with van der Waals surface area (Å²) in [5.41, 5.74) is 3.11. The number of hydrogen-bond acceptors (Lipinski definition) is 4. The Hall–Kier alpha value is -2.69. The van der Waals surface area contributed by atoms with E-state index in [0.717, 1.165) is 23.5 Å². The second-order valence-corrected chi connectivity index (χ2v) is 5.87. The van der Waals surface area contributed by atoms with Gasteiger partial charge in [-0.25, -0.2) is 0 Å². The largest absolute Gasteiger partial charge is 0.454 e. The zero-order valence-corrected chi connectivity index (χ0v) is 12.9. The van der Waals surface area contributed by atoms with Crippen LogP contribution in [0.15, 0.2) is 42.5 Å². The van der Waals surface area contributed by atoms with Gasteiger partial charge in [-0.15, -0.1) is 0 Å². The van der Waals surface area contributed by atoms with E-state index in [9.17, 15) is 4.79 Å². The third kappa shape index (κ3) is 2.48. The van der Waals surface area contributed by atoms with Crippen LogP contribution in [0.4, 0.5) is 11.4 Å². The molecule has 1 atom stereocenters. The molecule has 2 aromatic rings. The Bertz CT molecular complexity index is 760. The number of benzene rings is 2. The Morgan fingerprint density at radius 2 is 2.04 bits per heavy atom. The summed E-state index contributed by atoms with van der Waals surface area (Å²) in [4.78, 5) is 14.5. The van der Waals surface area contributed by atoms with Crippen molar-refractivity contribution in [2.45, 2.75) is 19.4 Å². The smallest absolute Gasteiger partial charge is 0.246 e. The van der Waals surface area contributed by atoms with Gasteiger partial charge in [0.2, 0.25) is 12.7 Å². The predicted molar refractivity (Wildman–Crippen MR) is 88.1 cm³/mol. The molecule has 0 radical (unpaired) electrons. The van der Waals surface area contributed by atoms with E-state index in [1.165, 1.54) is 5.56 Å². The van der Waals surface area contributed by atoms with Gasteiger partial charge in [0.05, 0.1) is 6.54 Å². The maximum absolute atomic E-state index is 12.6. The first kappa shape index (κ1) is 13.9. The standard InChI is InChI=1S/C18H18N2O3/c1-12-8-13-4-2-3-5-15(13)20(12)18(21)10-19-14-6-7-16-17(9-14)23-11-22-16/h2-7,9,12,19H,8,10-11H2,1H3. The van der Waals surface area contributed by atoms with Crippen LogP contribution in [0.2, 0.25) is 0 Å². The first-order valence-corrected chi connectivity index (χ1v) is 7.76. The molecule has 5 nitrogen and oxygen atoms in total. The van der Waals surface area contributed by atoms with Gasteiger partial charge >= 0.3 is 0 Å². The third-order valence-corrected chi connectivity index (χ3v) is 4.29. The molecule has 2 heterocycles. The van der Waals surface area contributed by atoms with Crippen molar-refractivity contribution in [3.63, 3.8) is 0 Å². The Kier molecular flexibility index (Phi) is 3.33. The van der Waals surface area contributed by atoms with Crippen LogP contribution in [0.5, 0.6) is 11.5 Å². The molecular formula is C18H18N2O3. The van der Waals surface area contributed by atoms with Crippen LogP contribution in [0.3, 0.4) is 0 Å². The van der Waals surface area contributed by atoms with E-state index in [-0.39, 0.29) is 25.3 Å². The number of fused-ring (bicyclic) bond motifs is 2. The highest BCUT2D eigenvalue weighted by Gasteiger charge is 2.30. The molecular weight excluding hydrogens is 292 g/mol. The topological polar surface area (TPSA) is 50.8 Å². The lowest BCUT2D eigenvalue weighted by molar-refractivity contribution is -0.117. The summed E-state index contributed by atoms with van der Waals surface area (Å²) in [6.07, 6.45) is 0.909. The lowest BCUT2D eigenvalue weighted by atomic mass is 10.1. The maximum Gasteiger partial charge on any atom is 0.246 e. The van der Waals surface area contributed by atoms with Gasteiger partial charge in [-0.05, 0) is 37.1 Å². The lowest BCUT2D eigenvalue weighted by Gasteiger charge is -2.23. The highest BCUT2D eigenvalue weighted by atomic mass is 16.7. The molecule has 0 fully saturated rings. The van der Waals surface area contributed by atoms with Crippen LogP contribution in [0.25, 0.3) is 0 Å². The number of ether oxygens (including phenoxy) is 2. The summed E-state index contributed by atoms with van der Waals surface area (Å²) in [5, 5.41) is 3.18. The number of rotatable bonds is 3. The molecule has 2 aliphatic rings. The van der Waals surface area contributed by atoms with Gasteiger partial charge in [0, 0.05) is 23.5 Å². The van der Waals surface area contributed by atoms with Crippen molar-refractivity contribution in [2.24, 2.45) is 0 Å². The van der Waals surface area contributed by atoms with E-state index < -0.39 is 0 Å². The van der Waals surface area contributed by atoms with Crippen LogP contribution >= 0.6 is 0 Å². The highest BCUT2D eigenvalue weighted by Crippen LogP contribution is 2.34. The van der Waals surface area contributed by atoms with E-state index in [2.05, 4.69) is 18.3 Å². The van der Waals surface area contributed by atoms with Crippen LogP contribution < -0.4 is 19.7 Å². The van der Waals surface area contributed by atoms with Gasteiger partial charge in [0.25, 0.3) is 0 Å².